The fourth-order valence-corrected chi connectivity index (χ4v) is 1.65. The van der Waals surface area contributed by atoms with Gasteiger partial charge in [-0.05, 0) is 25.1 Å². The Morgan fingerprint density at radius 2 is 2.04 bits per heavy atom. The van der Waals surface area contributed by atoms with Gasteiger partial charge in [-0.3, -0.25) is 15.8 Å². The van der Waals surface area contributed by atoms with Crippen molar-refractivity contribution in [2.24, 2.45) is 4.99 Å². The molecule has 0 aliphatic heterocycles. The highest BCUT2D eigenvalue weighted by Crippen LogP contribution is 2.30. The zero-order valence-electron chi connectivity index (χ0n) is 13.8. The highest BCUT2D eigenvalue weighted by atomic mass is 19.4. The number of nitrogens with one attached hydrogen (secondary N) is 3. The largest absolute Gasteiger partial charge is 0.460 e. The van der Waals surface area contributed by atoms with E-state index in [9.17, 15) is 18.0 Å². The predicted octanol–water partition coefficient (Wildman–Crippen LogP) is 0.728. The van der Waals surface area contributed by atoms with Crippen molar-refractivity contribution in [1.29, 1.82) is 0 Å². The van der Waals surface area contributed by atoms with Gasteiger partial charge in [0.15, 0.2) is 0 Å². The summed E-state index contributed by atoms with van der Waals surface area (Å²) in [5, 5.41) is 0. The number of esters is 1. The molecule has 6 nitrogen and oxygen atoms in total. The number of hydrogen-bond acceptors (Lipinski definition) is 4. The lowest BCUT2D eigenvalue weighted by atomic mass is 10.2. The van der Waals surface area contributed by atoms with Gasteiger partial charge in [0.05, 0.1) is 45.0 Å². The van der Waals surface area contributed by atoms with Crippen molar-refractivity contribution in [3.63, 3.8) is 0 Å². The van der Waals surface area contributed by atoms with Crippen LogP contribution >= 0.6 is 0 Å². The Morgan fingerprint density at radius 1 is 1.33 bits per heavy atom. The monoisotopic (exact) mass is 347 g/mol. The molecule has 9 heteroatoms. The normalized spacial score (nSPS) is 12.2. The van der Waals surface area contributed by atoms with Crippen LogP contribution in [0.2, 0.25) is 0 Å². The Hall–Kier alpha value is -2.29. The molecule has 0 radical (unpaired) electrons. The van der Waals surface area contributed by atoms with Gasteiger partial charge in [0.1, 0.15) is 0 Å². The number of carbonyl (C=O) groups excluding carboxylic acids is 1. The highest BCUT2D eigenvalue weighted by molar-refractivity contribution is 6.35. The average molecular weight is 347 g/mol. The van der Waals surface area contributed by atoms with E-state index >= 15 is 0 Å². The summed E-state index contributed by atoms with van der Waals surface area (Å²) in [7, 11) is 3.88. The van der Waals surface area contributed by atoms with E-state index < -0.39 is 17.7 Å². The number of hydrazine groups is 1. The number of quaternary nitrogens is 1. The number of rotatable bonds is 6. The van der Waals surface area contributed by atoms with Crippen LogP contribution in [0.15, 0.2) is 29.3 Å². The van der Waals surface area contributed by atoms with E-state index in [1.165, 1.54) is 12.1 Å². The van der Waals surface area contributed by atoms with Crippen molar-refractivity contribution >= 4 is 17.5 Å². The number of nitrogens with zero attached hydrogens (tertiary/aromatic N) is 1. The lowest BCUT2D eigenvalue weighted by Gasteiger charge is -2.13. The van der Waals surface area contributed by atoms with Crippen molar-refractivity contribution in [2.75, 3.05) is 39.2 Å². The minimum atomic E-state index is -4.44. The number of benzene rings is 1. The molecule has 0 aliphatic rings. The summed E-state index contributed by atoms with van der Waals surface area (Å²) in [6.07, 6.45) is -4.44. The van der Waals surface area contributed by atoms with Crippen LogP contribution in [0, 0.1) is 0 Å². The van der Waals surface area contributed by atoms with Gasteiger partial charge in [-0.15, -0.1) is 0 Å². The summed E-state index contributed by atoms with van der Waals surface area (Å²) in [6.45, 7) is 2.88. The van der Waals surface area contributed by atoms with E-state index in [2.05, 4.69) is 15.8 Å². The maximum Gasteiger partial charge on any atom is 0.416 e. The Labute approximate surface area is 138 Å². The number of amidine groups is 1. The first kappa shape index (κ1) is 19.8. The van der Waals surface area contributed by atoms with Gasteiger partial charge >= 0.3 is 12.1 Å². The molecule has 0 heterocycles. The van der Waals surface area contributed by atoms with Crippen LogP contribution in [0.25, 0.3) is 0 Å². The molecule has 0 saturated carbocycles. The second kappa shape index (κ2) is 9.11. The van der Waals surface area contributed by atoms with E-state index in [0.29, 0.717) is 13.1 Å². The van der Waals surface area contributed by atoms with Crippen molar-refractivity contribution in [1.82, 2.24) is 5.43 Å². The lowest BCUT2D eigenvalue weighted by molar-refractivity contribution is -0.856. The average Bonchev–Trinajstić information content (AvgIpc) is 2.50. The van der Waals surface area contributed by atoms with E-state index in [1.54, 1.807) is 6.92 Å². The molecule has 1 aromatic carbocycles. The molecule has 1 aromatic rings. The third kappa shape index (κ3) is 6.86. The van der Waals surface area contributed by atoms with Crippen LogP contribution in [0.5, 0.6) is 0 Å². The molecule has 0 atom stereocenters. The molecule has 134 valence electrons. The SMILES string of the molecule is CCOC(=O)C(=NCC[NH+](C)C)NNc1cccc(C(F)(F)F)c1. The molecule has 1 rings (SSSR count). The molecular formula is C15H22F3N4O2+. The first-order valence-electron chi connectivity index (χ1n) is 7.44. The number of ether oxygens (including phenoxy) is 1. The number of halogens is 3. The summed E-state index contributed by atoms with van der Waals surface area (Å²) < 4.78 is 42.9. The van der Waals surface area contributed by atoms with Gasteiger partial charge in [0, 0.05) is 0 Å². The van der Waals surface area contributed by atoms with Gasteiger partial charge in [0.2, 0.25) is 5.84 Å². The Balaban J connectivity index is 2.78. The summed E-state index contributed by atoms with van der Waals surface area (Å²) in [5.74, 6) is -0.763. The molecule has 0 spiro atoms. The third-order valence-corrected chi connectivity index (χ3v) is 2.87. The number of alkyl halides is 3. The topological polar surface area (TPSA) is 67.2 Å². The fraction of sp³-hybridized carbons (Fsp3) is 0.467. The molecule has 0 bridgehead atoms. The minimum absolute atomic E-state index is 0.0875. The molecule has 0 fully saturated rings. The lowest BCUT2D eigenvalue weighted by Crippen LogP contribution is -3.06. The standard InChI is InChI=1S/C15H21F3N4O2/c1-4-24-14(23)13(19-8-9-22(2)3)21-20-12-7-5-6-11(10-12)15(16,17)18/h5-7,10,20H,4,8-9H2,1-3H3,(H,19,21)/p+1. The summed E-state index contributed by atoms with van der Waals surface area (Å²) in [6, 6.07) is 4.60. The maximum absolute atomic E-state index is 12.7. The number of anilines is 1. The molecule has 3 N–H and O–H groups in total. The minimum Gasteiger partial charge on any atom is -0.460 e. The Kier molecular flexibility index (Phi) is 7.50. The van der Waals surface area contributed by atoms with E-state index in [0.717, 1.165) is 17.0 Å². The van der Waals surface area contributed by atoms with Crippen LogP contribution in [-0.4, -0.2) is 45.6 Å². The molecular weight excluding hydrogens is 325 g/mol. The number of carbonyl (C=O) groups is 1. The van der Waals surface area contributed by atoms with Gasteiger partial charge in [-0.2, -0.15) is 13.2 Å². The fourth-order valence-electron chi connectivity index (χ4n) is 1.65. The molecule has 0 saturated heterocycles. The summed E-state index contributed by atoms with van der Waals surface area (Å²) in [5.41, 5.74) is 4.43. The van der Waals surface area contributed by atoms with Crippen molar-refractivity contribution in [3.05, 3.63) is 29.8 Å². The maximum atomic E-state index is 12.7. The zero-order valence-corrected chi connectivity index (χ0v) is 13.8. The smallest absolute Gasteiger partial charge is 0.416 e. The van der Waals surface area contributed by atoms with E-state index in [4.69, 9.17) is 4.74 Å². The Morgan fingerprint density at radius 3 is 2.62 bits per heavy atom. The van der Waals surface area contributed by atoms with Gasteiger partial charge < -0.3 is 9.64 Å². The second-order valence-corrected chi connectivity index (χ2v) is 5.24. The van der Waals surface area contributed by atoms with Crippen molar-refractivity contribution in [2.45, 2.75) is 13.1 Å². The second-order valence-electron chi connectivity index (χ2n) is 5.24. The van der Waals surface area contributed by atoms with Crippen LogP contribution in [0.1, 0.15) is 12.5 Å². The first-order chi connectivity index (χ1) is 11.2. The molecule has 0 aromatic heterocycles. The first-order valence-corrected chi connectivity index (χ1v) is 7.44. The zero-order chi connectivity index (χ0) is 18.2. The van der Waals surface area contributed by atoms with Gasteiger partial charge in [-0.1, -0.05) is 6.07 Å². The summed E-state index contributed by atoms with van der Waals surface area (Å²) >= 11 is 0. The van der Waals surface area contributed by atoms with E-state index in [1.807, 2.05) is 14.1 Å². The van der Waals surface area contributed by atoms with Crippen LogP contribution < -0.4 is 15.8 Å². The Bertz CT molecular complexity index is 574. The molecule has 0 aliphatic carbocycles. The van der Waals surface area contributed by atoms with Crippen LogP contribution in [-0.2, 0) is 15.7 Å². The number of aliphatic imine (C=N–C) groups is 1. The van der Waals surface area contributed by atoms with Gasteiger partial charge in [-0.25, -0.2) is 4.79 Å². The van der Waals surface area contributed by atoms with Crippen LogP contribution in [0.4, 0.5) is 18.9 Å². The third-order valence-electron chi connectivity index (χ3n) is 2.87. The van der Waals surface area contributed by atoms with E-state index in [-0.39, 0.29) is 18.1 Å². The summed E-state index contributed by atoms with van der Waals surface area (Å²) in [4.78, 5) is 17.1. The van der Waals surface area contributed by atoms with Gasteiger partial charge in [0.25, 0.3) is 0 Å². The highest BCUT2D eigenvalue weighted by Gasteiger charge is 2.30. The quantitative estimate of drug-likeness (QED) is 0.307. The number of hydrogen-bond donors (Lipinski definition) is 3. The molecule has 0 amide bonds. The van der Waals surface area contributed by atoms with Crippen LogP contribution in [0.3, 0.4) is 0 Å². The number of likely N-dealkylation sites (N-methyl/N-ethyl adjacent to an activating group) is 1. The predicted molar refractivity (Wildman–Crippen MR) is 84.8 cm³/mol. The van der Waals surface area contributed by atoms with Crippen molar-refractivity contribution in [3.8, 4) is 0 Å². The van der Waals surface area contributed by atoms with Crippen molar-refractivity contribution < 1.29 is 27.6 Å². The molecule has 0 unspecified atom stereocenters. The molecule has 24 heavy (non-hydrogen) atoms.